The fraction of sp³-hybridized carbons (Fsp3) is 0.826. The number of aromatic nitrogens is 1. The van der Waals surface area contributed by atoms with E-state index in [9.17, 15) is 13.2 Å². The smallest absolute Gasteiger partial charge is 0.318 e. The molecule has 0 atom stereocenters. The van der Waals surface area contributed by atoms with Gasteiger partial charge < -0.3 is 10.2 Å². The van der Waals surface area contributed by atoms with Gasteiger partial charge in [-0.25, -0.2) is 18.2 Å². The van der Waals surface area contributed by atoms with E-state index in [1.165, 1.54) is 24.2 Å². The Hall–Kier alpha value is -1.27. The summed E-state index contributed by atoms with van der Waals surface area (Å²) in [4.78, 5) is 23.4. The predicted octanol–water partition coefficient (Wildman–Crippen LogP) is 2.78. The minimum Gasteiger partial charge on any atom is -0.318 e. The largest absolute Gasteiger partial charge is 0.324 e. The van der Waals surface area contributed by atoms with E-state index in [1.807, 2.05) is 6.20 Å². The van der Waals surface area contributed by atoms with Crippen LogP contribution in [0.2, 0.25) is 0 Å². The number of hydrogen-bond donors (Lipinski definition) is 2. The summed E-state index contributed by atoms with van der Waals surface area (Å²) < 4.78 is 25.7. The van der Waals surface area contributed by atoms with Crippen molar-refractivity contribution in [1.82, 2.24) is 24.4 Å². The van der Waals surface area contributed by atoms with Crippen LogP contribution < -0.4 is 10.6 Å². The van der Waals surface area contributed by atoms with Gasteiger partial charge in [0.05, 0.1) is 5.75 Å². The molecule has 0 spiro atoms. The fourth-order valence-electron chi connectivity index (χ4n) is 5.40. The topological polar surface area (TPSA) is 97.9 Å². The van der Waals surface area contributed by atoms with Crippen LogP contribution in [0.25, 0.3) is 0 Å². The number of anilines is 1. The normalized spacial score (nSPS) is 25.8. The van der Waals surface area contributed by atoms with E-state index in [0.717, 1.165) is 56.1 Å². The number of rotatable bonds is 7. The second-order valence-electron chi connectivity index (χ2n) is 9.94. The summed E-state index contributed by atoms with van der Waals surface area (Å²) in [6.07, 6.45) is 8.39. The molecule has 3 fully saturated rings. The molecular weight excluding hydrogens is 472 g/mol. The van der Waals surface area contributed by atoms with E-state index in [-0.39, 0.29) is 17.8 Å². The third-order valence-corrected chi connectivity index (χ3v) is 10.3. The van der Waals surface area contributed by atoms with E-state index in [2.05, 4.69) is 32.3 Å². The summed E-state index contributed by atoms with van der Waals surface area (Å²) in [6.45, 7) is 9.14. The molecule has 1 saturated carbocycles. The molecule has 2 aliphatic heterocycles. The number of hydrogen-bond acceptors (Lipinski definition) is 7. The van der Waals surface area contributed by atoms with Crippen LogP contribution in [0, 0.1) is 5.92 Å². The average Bonchev–Trinajstić information content (AvgIpc) is 3.28. The van der Waals surface area contributed by atoms with Crippen molar-refractivity contribution in [2.75, 3.05) is 50.3 Å². The number of sulfonamides is 1. The number of thiazole rings is 1. The van der Waals surface area contributed by atoms with Crippen molar-refractivity contribution >= 4 is 32.5 Å². The van der Waals surface area contributed by atoms with Crippen molar-refractivity contribution in [1.29, 1.82) is 0 Å². The van der Waals surface area contributed by atoms with Crippen molar-refractivity contribution in [2.24, 2.45) is 5.92 Å². The van der Waals surface area contributed by atoms with Crippen LogP contribution in [0.1, 0.15) is 57.2 Å². The summed E-state index contributed by atoms with van der Waals surface area (Å²) in [7, 11) is -3.12. The van der Waals surface area contributed by atoms with Crippen LogP contribution in [-0.2, 0) is 16.6 Å². The molecule has 0 radical (unpaired) electrons. The molecule has 2 N–H and O–H groups in total. The van der Waals surface area contributed by atoms with Gasteiger partial charge >= 0.3 is 6.03 Å². The Kier molecular flexibility index (Phi) is 8.84. The molecular formula is C23H40N6O3S2. The zero-order valence-electron chi connectivity index (χ0n) is 20.5. The van der Waals surface area contributed by atoms with Gasteiger partial charge in [0.1, 0.15) is 0 Å². The summed E-state index contributed by atoms with van der Waals surface area (Å²) in [5.41, 5.74) is 0. The molecule has 11 heteroatoms. The highest BCUT2D eigenvalue weighted by Crippen LogP contribution is 2.31. The van der Waals surface area contributed by atoms with Gasteiger partial charge in [-0.2, -0.15) is 4.31 Å². The molecule has 192 valence electrons. The lowest BCUT2D eigenvalue weighted by Gasteiger charge is -2.42. The number of piperazine rings is 1. The lowest BCUT2D eigenvalue weighted by Crippen LogP contribution is -2.53. The quantitative estimate of drug-likeness (QED) is 0.583. The van der Waals surface area contributed by atoms with E-state index >= 15 is 0 Å². The number of urea groups is 1. The summed E-state index contributed by atoms with van der Waals surface area (Å²) >= 11 is 1.52. The maximum Gasteiger partial charge on any atom is 0.324 e. The van der Waals surface area contributed by atoms with Gasteiger partial charge in [0, 0.05) is 55.9 Å². The van der Waals surface area contributed by atoms with Crippen molar-refractivity contribution in [3.05, 3.63) is 11.1 Å². The maximum atomic E-state index is 13.4. The number of carbonyl (C=O) groups is 1. The highest BCUT2D eigenvalue weighted by atomic mass is 32.2. The predicted molar refractivity (Wildman–Crippen MR) is 137 cm³/mol. The molecule has 1 aromatic rings. The number of piperidine rings is 1. The first-order chi connectivity index (χ1) is 16.4. The lowest BCUT2D eigenvalue weighted by atomic mass is 9.85. The van der Waals surface area contributed by atoms with Gasteiger partial charge in [-0.3, -0.25) is 10.2 Å². The molecule has 1 aromatic heterocycles. The molecule has 34 heavy (non-hydrogen) atoms. The zero-order valence-corrected chi connectivity index (χ0v) is 22.2. The molecule has 2 saturated heterocycles. The number of amides is 2. The number of carbonyl (C=O) groups excluding carboxylic acids is 1. The fourth-order valence-corrected chi connectivity index (χ4v) is 7.33. The van der Waals surface area contributed by atoms with Crippen molar-refractivity contribution in [3.8, 4) is 0 Å². The second kappa shape index (κ2) is 11.6. The lowest BCUT2D eigenvalue weighted by molar-refractivity contribution is 0.108. The van der Waals surface area contributed by atoms with E-state index in [0.29, 0.717) is 37.4 Å². The summed E-state index contributed by atoms with van der Waals surface area (Å²) in [5, 5.41) is 7.17. The van der Waals surface area contributed by atoms with Crippen LogP contribution >= 0.6 is 11.3 Å². The van der Waals surface area contributed by atoms with Crippen molar-refractivity contribution < 1.29 is 13.2 Å². The van der Waals surface area contributed by atoms with Crippen LogP contribution in [0.4, 0.5) is 9.93 Å². The molecule has 9 nitrogen and oxygen atoms in total. The Balaban J connectivity index is 1.34. The molecule has 3 aliphatic rings. The van der Waals surface area contributed by atoms with Gasteiger partial charge in [0.15, 0.2) is 5.13 Å². The minimum atomic E-state index is -3.12. The third kappa shape index (κ3) is 6.48. The van der Waals surface area contributed by atoms with Crippen molar-refractivity contribution in [3.63, 3.8) is 0 Å². The Morgan fingerprint density at radius 1 is 1.12 bits per heavy atom. The second-order valence-corrected chi connectivity index (χ2v) is 13.3. The summed E-state index contributed by atoms with van der Waals surface area (Å²) in [6, 6.07) is 0.593. The Morgan fingerprint density at radius 2 is 1.76 bits per heavy atom. The molecule has 1 aliphatic carbocycles. The van der Waals surface area contributed by atoms with Crippen LogP contribution in [-0.4, -0.2) is 90.6 Å². The van der Waals surface area contributed by atoms with Crippen LogP contribution in [0.5, 0.6) is 0 Å². The van der Waals surface area contributed by atoms with Gasteiger partial charge in [-0.15, -0.1) is 11.3 Å². The minimum absolute atomic E-state index is 0.00857. The van der Waals surface area contributed by atoms with Gasteiger partial charge in [0.2, 0.25) is 10.0 Å². The number of nitrogens with one attached hydrogen (secondary N) is 2. The summed E-state index contributed by atoms with van der Waals surface area (Å²) in [5.74, 6) is 0.902. The van der Waals surface area contributed by atoms with Gasteiger partial charge in [-0.05, 0) is 64.5 Å². The molecule has 4 rings (SSSR count). The SMILES string of the molecule is CCS(=O)(=O)N1CCN(Cc2cnc(NC(=O)N(C3CCNCC3)C3CCC(C)CC3)s2)CC1. The Bertz CT molecular complexity index is 902. The molecule has 0 unspecified atom stereocenters. The zero-order chi connectivity index (χ0) is 24.1. The number of nitrogens with zero attached hydrogens (tertiary/aromatic N) is 4. The first-order valence-corrected chi connectivity index (χ1v) is 15.2. The standard InChI is InChI=1S/C23H40N6O3S2/c1-3-34(31,32)28-14-12-27(13-15-28)17-21-16-25-22(33-21)26-23(30)29(20-8-10-24-11-9-20)19-6-4-18(2)5-7-19/h16,18-20,24H,3-15,17H2,1-2H3,(H,25,26,30). The Morgan fingerprint density at radius 3 is 2.41 bits per heavy atom. The monoisotopic (exact) mass is 512 g/mol. The molecule has 2 amide bonds. The first kappa shape index (κ1) is 25.8. The highest BCUT2D eigenvalue weighted by molar-refractivity contribution is 7.89. The van der Waals surface area contributed by atoms with E-state index < -0.39 is 10.0 Å². The maximum absolute atomic E-state index is 13.4. The Labute approximate surface area is 208 Å². The first-order valence-electron chi connectivity index (χ1n) is 12.8. The van der Waals surface area contributed by atoms with Crippen LogP contribution in [0.15, 0.2) is 6.20 Å². The van der Waals surface area contributed by atoms with Crippen LogP contribution in [0.3, 0.4) is 0 Å². The van der Waals surface area contributed by atoms with Gasteiger partial charge in [0.25, 0.3) is 0 Å². The third-order valence-electron chi connectivity index (χ3n) is 7.55. The van der Waals surface area contributed by atoms with Crippen molar-refractivity contribution in [2.45, 2.75) is 71.0 Å². The van der Waals surface area contributed by atoms with E-state index in [1.54, 1.807) is 11.2 Å². The average molecular weight is 513 g/mol. The highest BCUT2D eigenvalue weighted by Gasteiger charge is 2.34. The molecule has 3 heterocycles. The molecule has 0 aromatic carbocycles. The molecule has 0 bridgehead atoms. The van der Waals surface area contributed by atoms with Gasteiger partial charge in [-0.1, -0.05) is 6.92 Å². The van der Waals surface area contributed by atoms with E-state index in [4.69, 9.17) is 0 Å².